The average Bonchev–Trinajstić information content (AvgIpc) is 2.55. The van der Waals surface area contributed by atoms with E-state index >= 15 is 0 Å². The van der Waals surface area contributed by atoms with Crippen molar-refractivity contribution in [3.63, 3.8) is 0 Å². The number of nitrogens with one attached hydrogen (secondary N) is 1. The number of carbonyl (C=O) groups is 2. The highest BCUT2D eigenvalue weighted by atomic mass is 16.3. The number of amides is 2. The Hall–Kier alpha value is -3.41. The van der Waals surface area contributed by atoms with Gasteiger partial charge in [0.2, 0.25) is 5.91 Å². The molecule has 0 spiro atoms. The van der Waals surface area contributed by atoms with Gasteiger partial charge in [-0.1, -0.05) is 24.3 Å². The van der Waals surface area contributed by atoms with Crippen LogP contribution in [0.15, 0.2) is 59.0 Å². The van der Waals surface area contributed by atoms with Crippen molar-refractivity contribution >= 4 is 28.8 Å². The van der Waals surface area contributed by atoms with Crippen LogP contribution in [0.25, 0.3) is 17.0 Å². The number of aliphatic hydroxyl groups excluding tert-OH is 1. The molecule has 4 rings (SSSR count). The Labute approximate surface area is 142 Å². The fourth-order valence-corrected chi connectivity index (χ4v) is 3.24. The van der Waals surface area contributed by atoms with Crippen molar-refractivity contribution in [3.8, 4) is 5.75 Å². The number of para-hydroxylation sites is 1. The lowest BCUT2D eigenvalue weighted by molar-refractivity contribution is -0.129. The number of pyridine rings is 1. The van der Waals surface area contributed by atoms with Crippen LogP contribution in [-0.2, 0) is 9.59 Å². The topological polar surface area (TPSA) is 99.5 Å². The smallest absolute Gasteiger partial charge is 0.261 e. The van der Waals surface area contributed by atoms with E-state index in [1.807, 2.05) is 18.2 Å². The van der Waals surface area contributed by atoms with Crippen LogP contribution in [0.4, 0.5) is 0 Å². The lowest BCUT2D eigenvalue weighted by Gasteiger charge is -2.23. The van der Waals surface area contributed by atoms with Gasteiger partial charge < -0.3 is 10.2 Å². The zero-order valence-corrected chi connectivity index (χ0v) is 13.1. The van der Waals surface area contributed by atoms with E-state index in [1.165, 1.54) is 0 Å². The summed E-state index contributed by atoms with van der Waals surface area (Å²) < 4.78 is 0. The van der Waals surface area contributed by atoms with Crippen molar-refractivity contribution in [2.75, 3.05) is 0 Å². The summed E-state index contributed by atoms with van der Waals surface area (Å²) in [6, 6.07) is 6.97. The number of phenols is 1. The SMILES string of the molecule is O=C1CC2=CC(=Cc3ccnc4c(O)cccc34)CC(O)=C2C(=O)N1. The molecule has 1 saturated heterocycles. The minimum Gasteiger partial charge on any atom is -0.511 e. The van der Waals surface area contributed by atoms with E-state index in [4.69, 9.17) is 0 Å². The van der Waals surface area contributed by atoms with Gasteiger partial charge in [0.15, 0.2) is 0 Å². The minimum atomic E-state index is -0.557. The number of benzene rings is 1. The zero-order chi connectivity index (χ0) is 17.6. The highest BCUT2D eigenvalue weighted by Gasteiger charge is 2.31. The zero-order valence-electron chi connectivity index (χ0n) is 13.1. The molecule has 0 radical (unpaired) electrons. The van der Waals surface area contributed by atoms with E-state index in [0.717, 1.165) is 16.5 Å². The molecule has 1 aromatic carbocycles. The maximum atomic E-state index is 11.9. The van der Waals surface area contributed by atoms with Crippen molar-refractivity contribution < 1.29 is 19.8 Å². The van der Waals surface area contributed by atoms with Crippen LogP contribution in [-0.4, -0.2) is 27.0 Å². The van der Waals surface area contributed by atoms with Gasteiger partial charge in [0.05, 0.1) is 12.0 Å². The number of rotatable bonds is 1. The Morgan fingerprint density at radius 2 is 1.96 bits per heavy atom. The van der Waals surface area contributed by atoms with Gasteiger partial charge in [-0.3, -0.25) is 19.9 Å². The minimum absolute atomic E-state index is 0.0463. The number of carbonyl (C=O) groups excluding carboxylic acids is 2. The molecule has 2 heterocycles. The number of allylic oxidation sites excluding steroid dienone is 2. The molecule has 2 amide bonds. The second-order valence-corrected chi connectivity index (χ2v) is 6.01. The van der Waals surface area contributed by atoms with Crippen LogP contribution in [0, 0.1) is 0 Å². The summed E-state index contributed by atoms with van der Waals surface area (Å²) >= 11 is 0. The van der Waals surface area contributed by atoms with Gasteiger partial charge in [-0.05, 0) is 28.8 Å². The second-order valence-electron chi connectivity index (χ2n) is 6.01. The third kappa shape index (κ3) is 2.57. The first-order valence-electron chi connectivity index (χ1n) is 7.77. The molecule has 0 bridgehead atoms. The molecule has 2 aliphatic rings. The molecule has 1 aliphatic carbocycles. The Kier molecular flexibility index (Phi) is 3.39. The van der Waals surface area contributed by atoms with E-state index in [2.05, 4.69) is 10.3 Å². The fraction of sp³-hybridized carbons (Fsp3) is 0.105. The molecule has 0 saturated carbocycles. The summed E-state index contributed by atoms with van der Waals surface area (Å²) in [6.07, 6.45) is 5.48. The predicted molar refractivity (Wildman–Crippen MR) is 91.5 cm³/mol. The summed E-state index contributed by atoms with van der Waals surface area (Å²) in [7, 11) is 0. The number of hydrogen-bond acceptors (Lipinski definition) is 5. The van der Waals surface area contributed by atoms with E-state index in [1.54, 1.807) is 24.4 Å². The van der Waals surface area contributed by atoms with E-state index < -0.39 is 5.91 Å². The van der Waals surface area contributed by atoms with Gasteiger partial charge in [-0.25, -0.2) is 0 Å². The molecule has 6 nitrogen and oxygen atoms in total. The van der Waals surface area contributed by atoms with Gasteiger partial charge >= 0.3 is 0 Å². The van der Waals surface area contributed by atoms with Crippen LogP contribution in [0.3, 0.4) is 0 Å². The van der Waals surface area contributed by atoms with Gasteiger partial charge in [0, 0.05) is 18.0 Å². The van der Waals surface area contributed by atoms with Crippen LogP contribution in [0.2, 0.25) is 0 Å². The number of fused-ring (bicyclic) bond motifs is 2. The quantitative estimate of drug-likeness (QED) is 0.696. The molecule has 1 aliphatic heterocycles. The summed E-state index contributed by atoms with van der Waals surface area (Å²) in [5, 5.41) is 23.2. The Bertz CT molecular complexity index is 1030. The van der Waals surface area contributed by atoms with Crippen LogP contribution in [0.1, 0.15) is 18.4 Å². The average molecular weight is 334 g/mol. The third-order valence-corrected chi connectivity index (χ3v) is 4.30. The predicted octanol–water partition coefficient (Wildman–Crippen LogP) is 2.51. The van der Waals surface area contributed by atoms with Gasteiger partial charge in [0.25, 0.3) is 5.91 Å². The molecule has 0 unspecified atom stereocenters. The van der Waals surface area contributed by atoms with E-state index in [9.17, 15) is 19.8 Å². The Morgan fingerprint density at radius 3 is 2.80 bits per heavy atom. The van der Waals surface area contributed by atoms with Crippen molar-refractivity contribution in [1.29, 1.82) is 0 Å². The number of aliphatic hydroxyl groups is 1. The molecular weight excluding hydrogens is 320 g/mol. The number of nitrogens with zero attached hydrogens (tertiary/aromatic N) is 1. The normalized spacial score (nSPS) is 19.0. The van der Waals surface area contributed by atoms with Crippen molar-refractivity contribution in [2.24, 2.45) is 0 Å². The van der Waals surface area contributed by atoms with Crippen molar-refractivity contribution in [2.45, 2.75) is 12.8 Å². The molecule has 6 heteroatoms. The first-order chi connectivity index (χ1) is 12.0. The first kappa shape index (κ1) is 15.1. The fourth-order valence-electron chi connectivity index (χ4n) is 3.24. The van der Waals surface area contributed by atoms with E-state index in [0.29, 0.717) is 11.1 Å². The molecule has 1 aromatic heterocycles. The highest BCUT2D eigenvalue weighted by Crippen LogP contribution is 2.33. The summed E-state index contributed by atoms with van der Waals surface area (Å²) in [5.41, 5.74) is 2.80. The standard InChI is InChI=1S/C19H14N2O4/c22-14-3-1-2-13-11(4-5-20-18(13)14)6-10-7-12-9-16(24)21-19(25)17(12)15(23)8-10/h1-7,22-23H,8-9H2,(H,21,24,25). The number of aromatic hydroxyl groups is 1. The van der Waals surface area contributed by atoms with Crippen LogP contribution in [0.5, 0.6) is 5.75 Å². The number of hydrogen-bond donors (Lipinski definition) is 3. The lowest BCUT2D eigenvalue weighted by Crippen LogP contribution is -2.38. The maximum Gasteiger partial charge on any atom is 0.261 e. The monoisotopic (exact) mass is 334 g/mol. The van der Waals surface area contributed by atoms with Gasteiger partial charge in [0.1, 0.15) is 17.0 Å². The summed E-state index contributed by atoms with van der Waals surface area (Å²) in [4.78, 5) is 27.6. The van der Waals surface area contributed by atoms with Gasteiger partial charge in [-0.15, -0.1) is 0 Å². The number of phenolic OH excluding ortho intramolecular Hbond substituents is 1. The molecule has 0 atom stereocenters. The second kappa shape index (κ2) is 5.59. The number of piperidine rings is 1. The molecule has 1 fully saturated rings. The van der Waals surface area contributed by atoms with Crippen molar-refractivity contribution in [3.05, 3.63) is 64.6 Å². The first-order valence-corrected chi connectivity index (χ1v) is 7.77. The van der Waals surface area contributed by atoms with E-state index in [-0.39, 0.29) is 35.8 Å². The summed E-state index contributed by atoms with van der Waals surface area (Å²) in [5.74, 6) is -0.888. The molecule has 25 heavy (non-hydrogen) atoms. The van der Waals surface area contributed by atoms with Crippen molar-refractivity contribution in [1.82, 2.24) is 10.3 Å². The lowest BCUT2D eigenvalue weighted by atomic mass is 9.87. The Morgan fingerprint density at radius 1 is 1.12 bits per heavy atom. The maximum absolute atomic E-state index is 11.9. The highest BCUT2D eigenvalue weighted by molar-refractivity contribution is 6.12. The van der Waals surface area contributed by atoms with Crippen LogP contribution < -0.4 is 5.32 Å². The molecule has 124 valence electrons. The molecule has 2 aromatic rings. The van der Waals surface area contributed by atoms with Crippen LogP contribution >= 0.6 is 0 Å². The van der Waals surface area contributed by atoms with Gasteiger partial charge in [-0.2, -0.15) is 0 Å². The Balaban J connectivity index is 1.81. The number of aromatic nitrogens is 1. The third-order valence-electron chi connectivity index (χ3n) is 4.30. The summed E-state index contributed by atoms with van der Waals surface area (Å²) in [6.45, 7) is 0. The molecule has 3 N–H and O–H groups in total. The molecular formula is C19H14N2O4. The number of imide groups is 1. The largest absolute Gasteiger partial charge is 0.511 e.